The van der Waals surface area contributed by atoms with Crippen LogP contribution in [0.4, 0.5) is 5.69 Å². The van der Waals surface area contributed by atoms with Crippen molar-refractivity contribution in [3.8, 4) is 11.5 Å². The molecule has 0 aliphatic carbocycles. The predicted molar refractivity (Wildman–Crippen MR) is 194 cm³/mol. The summed E-state index contributed by atoms with van der Waals surface area (Å²) in [6.45, 7) is 14.9. The maximum absolute atomic E-state index is 13.0. The number of nitrogens with zero attached hydrogens (tertiary/aromatic N) is 1. The Bertz CT molecular complexity index is 1520. The van der Waals surface area contributed by atoms with E-state index in [1.807, 2.05) is 107 Å². The molecule has 4 aromatic rings. The van der Waals surface area contributed by atoms with Crippen molar-refractivity contribution in [3.63, 3.8) is 0 Å². The maximum atomic E-state index is 13.0. The monoisotopic (exact) mass is 640 g/mol. The van der Waals surface area contributed by atoms with Crippen molar-refractivity contribution in [2.45, 2.75) is 74.2 Å². The second-order valence-electron chi connectivity index (χ2n) is 10.4. The summed E-state index contributed by atoms with van der Waals surface area (Å²) in [6.07, 6.45) is 0. The lowest BCUT2D eigenvalue weighted by molar-refractivity contribution is -0.117. The van der Waals surface area contributed by atoms with Gasteiger partial charge in [0.15, 0.2) is 0 Å². The number of hydrazine groups is 1. The van der Waals surface area contributed by atoms with Gasteiger partial charge in [-0.25, -0.2) is 5.84 Å². The lowest BCUT2D eigenvalue weighted by Crippen LogP contribution is -2.37. The summed E-state index contributed by atoms with van der Waals surface area (Å²) in [5.41, 5.74) is 11.5. The van der Waals surface area contributed by atoms with Crippen LogP contribution in [0.15, 0.2) is 103 Å². The van der Waals surface area contributed by atoms with Crippen LogP contribution >= 0.6 is 0 Å². The number of ether oxygens (including phenoxy) is 2. The number of rotatable bonds is 13. The Labute approximate surface area is 281 Å². The van der Waals surface area contributed by atoms with E-state index in [2.05, 4.69) is 19.2 Å². The number of likely N-dealkylation sites (N-methyl/N-ethyl adjacent to an activating group) is 1. The predicted octanol–water partition coefficient (Wildman–Crippen LogP) is 7.66. The summed E-state index contributed by atoms with van der Waals surface area (Å²) >= 11 is 0. The molecule has 0 bridgehead atoms. The zero-order chi connectivity index (χ0) is 34.8. The van der Waals surface area contributed by atoms with Gasteiger partial charge in [0.1, 0.15) is 36.1 Å². The SMILES string of the molecule is CC.CC.CCNC(=O)/C(N)=C(\c1ccc(CO)cc1)N(N)c1cc(C(C)C)c(OCc2ccccc2)cc1OCc1ccccc1. The molecule has 4 aromatic carbocycles. The standard InChI is InChI=1S/C35H40N4O4.2C2H6/c1-4-38-35(41)33(36)34(28-17-15-25(21-40)16-18-28)39(37)30-19-29(24(2)3)31(42-22-26-11-7-5-8-12-26)20-32(30)43-23-27-13-9-6-10-14-27;2*1-2/h5-20,24,40H,4,21-23,36-37H2,1-3H3,(H,38,41);2*1-2H3/b34-33-;;. The van der Waals surface area contributed by atoms with Crippen LogP contribution in [-0.2, 0) is 24.6 Å². The van der Waals surface area contributed by atoms with Crippen LogP contribution in [0.3, 0.4) is 0 Å². The molecule has 47 heavy (non-hydrogen) atoms. The first-order valence-corrected chi connectivity index (χ1v) is 16.4. The molecular formula is C39H52N4O4. The minimum atomic E-state index is -0.446. The van der Waals surface area contributed by atoms with E-state index in [0.717, 1.165) is 22.3 Å². The van der Waals surface area contributed by atoms with Gasteiger partial charge in [-0.05, 0) is 41.2 Å². The molecule has 6 N–H and O–H groups in total. The average molecular weight is 641 g/mol. The topological polar surface area (TPSA) is 123 Å². The van der Waals surface area contributed by atoms with Gasteiger partial charge in [-0.1, -0.05) is 126 Å². The van der Waals surface area contributed by atoms with Crippen LogP contribution in [0.2, 0.25) is 0 Å². The first kappa shape index (κ1) is 38.4. The van der Waals surface area contributed by atoms with Crippen LogP contribution in [0.25, 0.3) is 5.70 Å². The Kier molecular flexibility index (Phi) is 16.6. The Morgan fingerprint density at radius 1 is 0.787 bits per heavy atom. The Balaban J connectivity index is 0.00000185. The van der Waals surface area contributed by atoms with Crippen LogP contribution in [0.5, 0.6) is 11.5 Å². The Hall–Kier alpha value is -4.79. The number of carbonyl (C=O) groups is 1. The molecule has 0 fully saturated rings. The highest BCUT2D eigenvalue weighted by Crippen LogP contribution is 2.41. The van der Waals surface area contributed by atoms with Gasteiger partial charge in [0.05, 0.1) is 12.3 Å². The minimum Gasteiger partial charge on any atom is -0.488 e. The minimum absolute atomic E-state index is 0.0504. The van der Waals surface area contributed by atoms with E-state index in [4.69, 9.17) is 21.1 Å². The molecule has 0 aliphatic rings. The summed E-state index contributed by atoms with van der Waals surface area (Å²) in [5, 5.41) is 13.7. The number of hydrogen-bond donors (Lipinski definition) is 4. The molecule has 252 valence electrons. The number of amides is 1. The number of benzene rings is 4. The van der Waals surface area contributed by atoms with Gasteiger partial charge in [0, 0.05) is 18.2 Å². The molecule has 1 amide bonds. The fourth-order valence-electron chi connectivity index (χ4n) is 4.59. The molecule has 8 nitrogen and oxygen atoms in total. The Morgan fingerprint density at radius 3 is 1.77 bits per heavy atom. The molecule has 0 saturated carbocycles. The number of nitrogens with two attached hydrogens (primary N) is 2. The summed E-state index contributed by atoms with van der Waals surface area (Å²) < 4.78 is 12.7. The fraction of sp³-hybridized carbons (Fsp3) is 0.308. The third kappa shape index (κ3) is 10.9. The number of nitrogens with one attached hydrogen (secondary N) is 1. The highest BCUT2D eigenvalue weighted by molar-refractivity contribution is 6.03. The first-order valence-electron chi connectivity index (χ1n) is 16.4. The van der Waals surface area contributed by atoms with E-state index in [1.165, 1.54) is 5.01 Å². The largest absolute Gasteiger partial charge is 0.488 e. The number of anilines is 1. The fourth-order valence-corrected chi connectivity index (χ4v) is 4.59. The molecule has 0 aromatic heterocycles. The van der Waals surface area contributed by atoms with Crippen molar-refractivity contribution in [1.29, 1.82) is 0 Å². The van der Waals surface area contributed by atoms with Crippen molar-refractivity contribution in [2.24, 2.45) is 11.6 Å². The highest BCUT2D eigenvalue weighted by Gasteiger charge is 2.24. The van der Waals surface area contributed by atoms with Crippen molar-refractivity contribution < 1.29 is 19.4 Å². The average Bonchev–Trinajstić information content (AvgIpc) is 3.12. The van der Waals surface area contributed by atoms with E-state index in [-0.39, 0.29) is 24.8 Å². The maximum Gasteiger partial charge on any atom is 0.269 e. The van der Waals surface area contributed by atoms with Crippen LogP contribution in [-0.4, -0.2) is 17.6 Å². The van der Waals surface area contributed by atoms with E-state index < -0.39 is 5.91 Å². The smallest absolute Gasteiger partial charge is 0.269 e. The van der Waals surface area contributed by atoms with Gasteiger partial charge < -0.3 is 25.6 Å². The van der Waals surface area contributed by atoms with Crippen LogP contribution < -0.4 is 31.4 Å². The lowest BCUT2D eigenvalue weighted by atomic mass is 9.99. The van der Waals surface area contributed by atoms with Gasteiger partial charge in [-0.15, -0.1) is 0 Å². The zero-order valence-electron chi connectivity index (χ0n) is 28.9. The number of hydrogen-bond acceptors (Lipinski definition) is 7. The third-order valence-electron chi connectivity index (χ3n) is 6.94. The quantitative estimate of drug-likeness (QED) is 0.0672. The molecule has 0 radical (unpaired) electrons. The summed E-state index contributed by atoms with van der Waals surface area (Å²) in [5.74, 6) is 7.65. The number of carbonyl (C=O) groups excluding carboxylic acids is 1. The molecule has 8 heteroatoms. The summed E-state index contributed by atoms with van der Waals surface area (Å²) in [4.78, 5) is 13.0. The van der Waals surface area contributed by atoms with Crippen molar-refractivity contribution in [3.05, 3.63) is 131 Å². The third-order valence-corrected chi connectivity index (χ3v) is 6.94. The normalized spacial score (nSPS) is 10.9. The van der Waals surface area contributed by atoms with E-state index >= 15 is 0 Å². The van der Waals surface area contributed by atoms with Gasteiger partial charge in [0.25, 0.3) is 5.91 Å². The number of aliphatic hydroxyl groups excluding tert-OH is 1. The van der Waals surface area contributed by atoms with Gasteiger partial charge in [0.2, 0.25) is 0 Å². The van der Waals surface area contributed by atoms with E-state index in [9.17, 15) is 9.90 Å². The van der Waals surface area contributed by atoms with Crippen molar-refractivity contribution >= 4 is 17.3 Å². The molecule has 4 rings (SSSR count). The second kappa shape index (κ2) is 20.4. The van der Waals surface area contributed by atoms with Gasteiger partial charge >= 0.3 is 0 Å². The second-order valence-corrected chi connectivity index (χ2v) is 10.4. The van der Waals surface area contributed by atoms with Gasteiger partial charge in [-0.2, -0.15) is 0 Å². The molecule has 0 atom stereocenters. The lowest BCUT2D eigenvalue weighted by Gasteiger charge is -2.28. The van der Waals surface area contributed by atoms with E-state index in [0.29, 0.717) is 41.6 Å². The molecule has 0 heterocycles. The van der Waals surface area contributed by atoms with Crippen molar-refractivity contribution in [2.75, 3.05) is 11.6 Å². The Morgan fingerprint density at radius 2 is 1.30 bits per heavy atom. The summed E-state index contributed by atoms with van der Waals surface area (Å²) in [7, 11) is 0. The molecular weight excluding hydrogens is 588 g/mol. The first-order chi connectivity index (χ1) is 22.8. The molecule has 0 aliphatic heterocycles. The zero-order valence-corrected chi connectivity index (χ0v) is 28.9. The van der Waals surface area contributed by atoms with Crippen LogP contribution in [0.1, 0.15) is 82.2 Å². The number of aliphatic hydroxyl groups is 1. The molecule has 0 saturated heterocycles. The van der Waals surface area contributed by atoms with Crippen molar-refractivity contribution in [1.82, 2.24) is 5.32 Å². The van der Waals surface area contributed by atoms with Gasteiger partial charge in [-0.3, -0.25) is 9.80 Å². The molecule has 0 unspecified atom stereocenters. The van der Waals surface area contributed by atoms with Crippen LogP contribution in [0, 0.1) is 0 Å². The highest BCUT2D eigenvalue weighted by atomic mass is 16.5. The molecule has 0 spiro atoms. The summed E-state index contributed by atoms with van der Waals surface area (Å²) in [6, 6.07) is 30.6. The van der Waals surface area contributed by atoms with E-state index in [1.54, 1.807) is 24.3 Å².